The monoisotopic (exact) mass is 385 g/mol. The zero-order valence-corrected chi connectivity index (χ0v) is 13.8. The summed E-state index contributed by atoms with van der Waals surface area (Å²) in [5.41, 5.74) is 1.71. The van der Waals surface area contributed by atoms with Crippen LogP contribution in [0.25, 0.3) is 0 Å². The van der Waals surface area contributed by atoms with Crippen LogP contribution in [0, 0.1) is 6.92 Å². The summed E-state index contributed by atoms with van der Waals surface area (Å²) < 4.78 is 6.98. The van der Waals surface area contributed by atoms with Crippen molar-refractivity contribution in [2.75, 3.05) is 7.05 Å². The summed E-state index contributed by atoms with van der Waals surface area (Å²) in [6.45, 7) is 2.40. The van der Waals surface area contributed by atoms with E-state index in [4.69, 9.17) is 4.42 Å². The summed E-state index contributed by atoms with van der Waals surface area (Å²) >= 11 is 6.65. The van der Waals surface area contributed by atoms with Crippen molar-refractivity contribution >= 4 is 37.8 Å². The molecule has 0 saturated carbocycles. The van der Waals surface area contributed by atoms with Crippen molar-refractivity contribution in [3.8, 4) is 0 Å². The summed E-state index contributed by atoms with van der Waals surface area (Å²) in [5.74, 6) is 0.714. The first-order valence-electron chi connectivity index (χ1n) is 5.72. The standard InChI is InChI=1S/C14H13Br2NO2/c1-9-5-10(7-11(15)6-9)14(18)17(2)8-12-3-4-13(16)19-12/h3-7H,8H2,1-2H3. The molecule has 3 nitrogen and oxygen atoms in total. The van der Waals surface area contributed by atoms with Crippen LogP contribution in [0.4, 0.5) is 0 Å². The van der Waals surface area contributed by atoms with Gasteiger partial charge in [0.1, 0.15) is 5.76 Å². The molecule has 1 heterocycles. The predicted molar refractivity (Wildman–Crippen MR) is 81.1 cm³/mol. The molecule has 1 aromatic heterocycles. The van der Waals surface area contributed by atoms with Crippen LogP contribution in [0.15, 0.2) is 43.9 Å². The van der Waals surface area contributed by atoms with Crippen molar-refractivity contribution in [1.29, 1.82) is 0 Å². The van der Waals surface area contributed by atoms with Gasteiger partial charge in [0.2, 0.25) is 0 Å². The van der Waals surface area contributed by atoms with Crippen molar-refractivity contribution in [2.45, 2.75) is 13.5 Å². The van der Waals surface area contributed by atoms with E-state index in [-0.39, 0.29) is 5.91 Å². The van der Waals surface area contributed by atoms with Crippen LogP contribution in [0.5, 0.6) is 0 Å². The first kappa shape index (κ1) is 14.3. The van der Waals surface area contributed by atoms with Gasteiger partial charge in [-0.3, -0.25) is 4.79 Å². The topological polar surface area (TPSA) is 33.5 Å². The maximum atomic E-state index is 12.3. The Labute approximate surface area is 128 Å². The Hall–Kier alpha value is -1.07. The van der Waals surface area contributed by atoms with E-state index in [9.17, 15) is 4.79 Å². The largest absolute Gasteiger partial charge is 0.452 e. The predicted octanol–water partition coefficient (Wildman–Crippen LogP) is 4.39. The molecule has 1 amide bonds. The molecule has 0 bridgehead atoms. The van der Waals surface area contributed by atoms with Crippen LogP contribution >= 0.6 is 31.9 Å². The van der Waals surface area contributed by atoms with Gasteiger partial charge < -0.3 is 9.32 Å². The van der Waals surface area contributed by atoms with Crippen molar-refractivity contribution < 1.29 is 9.21 Å². The number of rotatable bonds is 3. The summed E-state index contributed by atoms with van der Waals surface area (Å²) in [4.78, 5) is 13.9. The quantitative estimate of drug-likeness (QED) is 0.783. The molecule has 0 spiro atoms. The minimum Gasteiger partial charge on any atom is -0.452 e. The normalized spacial score (nSPS) is 10.5. The molecule has 0 aliphatic heterocycles. The van der Waals surface area contributed by atoms with Gasteiger partial charge in [-0.1, -0.05) is 15.9 Å². The molecule has 0 aliphatic rings. The van der Waals surface area contributed by atoms with Gasteiger partial charge in [0.25, 0.3) is 5.91 Å². The molecular weight excluding hydrogens is 374 g/mol. The highest BCUT2D eigenvalue weighted by molar-refractivity contribution is 9.10. The molecule has 0 atom stereocenters. The molecule has 5 heteroatoms. The van der Waals surface area contributed by atoms with Gasteiger partial charge in [-0.15, -0.1) is 0 Å². The smallest absolute Gasteiger partial charge is 0.254 e. The van der Waals surface area contributed by atoms with Crippen LogP contribution in [0.1, 0.15) is 21.7 Å². The molecule has 0 aliphatic carbocycles. The van der Waals surface area contributed by atoms with Crippen LogP contribution in [0.3, 0.4) is 0 Å². The number of aryl methyl sites for hydroxylation is 1. The Morgan fingerprint density at radius 3 is 2.58 bits per heavy atom. The van der Waals surface area contributed by atoms with Crippen molar-refractivity contribution in [3.63, 3.8) is 0 Å². The third kappa shape index (κ3) is 3.70. The van der Waals surface area contributed by atoms with Crippen molar-refractivity contribution in [1.82, 2.24) is 4.90 Å². The molecule has 1 aromatic carbocycles. The lowest BCUT2D eigenvalue weighted by atomic mass is 10.1. The van der Waals surface area contributed by atoms with Gasteiger partial charge >= 0.3 is 0 Å². The minimum absolute atomic E-state index is 0.0306. The van der Waals surface area contributed by atoms with E-state index in [1.54, 1.807) is 11.9 Å². The summed E-state index contributed by atoms with van der Waals surface area (Å²) in [7, 11) is 1.76. The molecule has 0 saturated heterocycles. The zero-order valence-electron chi connectivity index (χ0n) is 10.6. The molecule has 2 rings (SSSR count). The SMILES string of the molecule is Cc1cc(Br)cc(C(=O)N(C)Cc2ccc(Br)o2)c1. The van der Waals surface area contributed by atoms with E-state index in [0.29, 0.717) is 16.8 Å². The van der Waals surface area contributed by atoms with Gasteiger partial charge in [0.05, 0.1) is 6.54 Å². The number of furan rings is 1. The third-order valence-electron chi connectivity index (χ3n) is 2.66. The van der Waals surface area contributed by atoms with Crippen molar-refractivity contribution in [2.24, 2.45) is 0 Å². The second-order valence-electron chi connectivity index (χ2n) is 4.38. The fourth-order valence-corrected chi connectivity index (χ4v) is 2.77. The molecule has 19 heavy (non-hydrogen) atoms. The van der Waals surface area contributed by atoms with Crippen LogP contribution in [-0.4, -0.2) is 17.9 Å². The first-order valence-corrected chi connectivity index (χ1v) is 7.31. The maximum absolute atomic E-state index is 12.3. The molecule has 0 fully saturated rings. The third-order valence-corrected chi connectivity index (χ3v) is 3.54. The molecule has 0 unspecified atom stereocenters. The lowest BCUT2D eigenvalue weighted by Gasteiger charge is -2.16. The van der Waals surface area contributed by atoms with Gasteiger partial charge in [0, 0.05) is 17.1 Å². The second-order valence-corrected chi connectivity index (χ2v) is 6.08. The van der Waals surface area contributed by atoms with Gasteiger partial charge in [-0.2, -0.15) is 0 Å². The van der Waals surface area contributed by atoms with E-state index in [2.05, 4.69) is 31.9 Å². The van der Waals surface area contributed by atoms with E-state index in [1.165, 1.54) is 0 Å². The first-order chi connectivity index (χ1) is 8.95. The molecular formula is C14H13Br2NO2. The fourth-order valence-electron chi connectivity index (χ4n) is 1.82. The van der Waals surface area contributed by atoms with Gasteiger partial charge in [-0.05, 0) is 58.7 Å². The molecule has 2 aromatic rings. The van der Waals surface area contributed by atoms with E-state index in [1.807, 2.05) is 37.3 Å². The van der Waals surface area contributed by atoms with Gasteiger partial charge in [0.15, 0.2) is 4.67 Å². The van der Waals surface area contributed by atoms with E-state index in [0.717, 1.165) is 15.8 Å². The highest BCUT2D eigenvalue weighted by Gasteiger charge is 2.14. The Morgan fingerprint density at radius 1 is 1.26 bits per heavy atom. The number of carbonyl (C=O) groups excluding carboxylic acids is 1. The fraction of sp³-hybridized carbons (Fsp3) is 0.214. The van der Waals surface area contributed by atoms with Crippen molar-refractivity contribution in [3.05, 3.63) is 56.4 Å². The lowest BCUT2D eigenvalue weighted by molar-refractivity contribution is 0.0775. The highest BCUT2D eigenvalue weighted by atomic mass is 79.9. The number of hydrogen-bond donors (Lipinski definition) is 0. The summed E-state index contributed by atoms with van der Waals surface area (Å²) in [6.07, 6.45) is 0. The Morgan fingerprint density at radius 2 is 2.00 bits per heavy atom. The number of hydrogen-bond acceptors (Lipinski definition) is 2. The maximum Gasteiger partial charge on any atom is 0.254 e. The van der Waals surface area contributed by atoms with E-state index >= 15 is 0 Å². The van der Waals surface area contributed by atoms with Gasteiger partial charge in [-0.25, -0.2) is 0 Å². The summed E-state index contributed by atoms with van der Waals surface area (Å²) in [5, 5.41) is 0. The van der Waals surface area contributed by atoms with Crippen LogP contribution in [-0.2, 0) is 6.54 Å². The number of nitrogens with zero attached hydrogens (tertiary/aromatic N) is 1. The van der Waals surface area contributed by atoms with Crippen LogP contribution < -0.4 is 0 Å². The molecule has 100 valence electrons. The molecule has 0 N–H and O–H groups in total. The second kappa shape index (κ2) is 5.92. The number of amides is 1. The Balaban J connectivity index is 2.14. The Kier molecular flexibility index (Phi) is 4.47. The average molecular weight is 387 g/mol. The zero-order chi connectivity index (χ0) is 14.0. The number of benzene rings is 1. The minimum atomic E-state index is -0.0306. The summed E-state index contributed by atoms with van der Waals surface area (Å²) in [6, 6.07) is 9.34. The van der Waals surface area contributed by atoms with Crippen LogP contribution in [0.2, 0.25) is 0 Å². The molecule has 0 radical (unpaired) electrons. The number of halogens is 2. The van der Waals surface area contributed by atoms with E-state index < -0.39 is 0 Å². The average Bonchev–Trinajstić information content (AvgIpc) is 2.72. The lowest BCUT2D eigenvalue weighted by Crippen LogP contribution is -2.26. The number of carbonyl (C=O) groups is 1. The highest BCUT2D eigenvalue weighted by Crippen LogP contribution is 2.19. The Bertz CT molecular complexity index is 587.